The van der Waals surface area contributed by atoms with Gasteiger partial charge in [-0.3, -0.25) is 4.57 Å². The van der Waals surface area contributed by atoms with Crippen LogP contribution < -0.4 is 11.0 Å². The molecule has 3 aromatic rings. The number of nitriles is 1. The number of nitrogens with one attached hydrogen (secondary N) is 2. The zero-order chi connectivity index (χ0) is 20.4. The van der Waals surface area contributed by atoms with Gasteiger partial charge in [-0.05, 0) is 56.4 Å². The number of hydrogen-bond acceptors (Lipinski definition) is 4. The monoisotopic (exact) mass is 390 g/mol. The molecule has 1 fully saturated rings. The number of aromatic nitrogens is 2. The lowest BCUT2D eigenvalue weighted by molar-refractivity contribution is 0.130. The van der Waals surface area contributed by atoms with E-state index >= 15 is 0 Å². The molecule has 2 unspecified atom stereocenters. The molecule has 3 N–H and O–H groups in total. The van der Waals surface area contributed by atoms with E-state index in [1.807, 2.05) is 47.9 Å². The number of fused-ring (bicyclic) bond motifs is 1. The highest BCUT2D eigenvalue weighted by molar-refractivity contribution is 5.77. The number of aliphatic hydroxyl groups is 1. The van der Waals surface area contributed by atoms with Crippen molar-refractivity contribution in [2.24, 2.45) is 0 Å². The summed E-state index contributed by atoms with van der Waals surface area (Å²) in [4.78, 5) is 15.4. The van der Waals surface area contributed by atoms with Gasteiger partial charge < -0.3 is 15.4 Å². The Hall–Kier alpha value is -2.88. The largest absolute Gasteiger partial charge is 0.391 e. The molecule has 2 atom stereocenters. The Balaban J connectivity index is 1.47. The molecule has 150 valence electrons. The summed E-state index contributed by atoms with van der Waals surface area (Å²) in [5.41, 5.74) is 3.09. The first-order valence-electron chi connectivity index (χ1n) is 10.2. The number of hydrogen-bond donors (Lipinski definition) is 3. The molecule has 1 saturated carbocycles. The third-order valence-corrected chi connectivity index (χ3v) is 5.96. The molecular formula is C23H26N4O2. The Kier molecular flexibility index (Phi) is 5.52. The van der Waals surface area contributed by atoms with E-state index in [9.17, 15) is 9.90 Å². The van der Waals surface area contributed by atoms with Crippen LogP contribution in [-0.2, 0) is 0 Å². The summed E-state index contributed by atoms with van der Waals surface area (Å²) in [6, 6.07) is 17.8. The molecule has 1 aromatic heterocycles. The highest BCUT2D eigenvalue weighted by Crippen LogP contribution is 2.31. The third kappa shape index (κ3) is 3.98. The van der Waals surface area contributed by atoms with E-state index in [1.165, 1.54) is 0 Å². The lowest BCUT2D eigenvalue weighted by Gasteiger charge is -2.34. The van der Waals surface area contributed by atoms with E-state index in [0.29, 0.717) is 17.1 Å². The second kappa shape index (κ2) is 8.24. The molecule has 1 aliphatic carbocycles. The Morgan fingerprint density at radius 3 is 2.55 bits per heavy atom. The fraction of sp³-hybridized carbons (Fsp3) is 0.391. The summed E-state index contributed by atoms with van der Waals surface area (Å²) in [7, 11) is 0. The first kappa shape index (κ1) is 19.4. The quantitative estimate of drug-likeness (QED) is 0.622. The van der Waals surface area contributed by atoms with E-state index in [4.69, 9.17) is 5.26 Å². The minimum Gasteiger partial charge on any atom is -0.391 e. The second-order valence-electron chi connectivity index (χ2n) is 7.94. The Morgan fingerprint density at radius 2 is 1.90 bits per heavy atom. The molecule has 1 heterocycles. The number of aliphatic hydroxyl groups excluding tert-OH is 1. The van der Waals surface area contributed by atoms with Crippen molar-refractivity contribution >= 4 is 11.0 Å². The Labute approximate surface area is 169 Å². The minimum atomic E-state index is -0.485. The molecular weight excluding hydrogens is 364 g/mol. The van der Waals surface area contributed by atoms with Gasteiger partial charge in [0.25, 0.3) is 0 Å². The standard InChI is InChI=1S/C23H26N4O2/c1-15(28)22(17-5-3-2-4-6-17)25-18-8-10-19(11-9-18)27-21-12-7-16(14-24)13-20(21)26-23(27)29/h2-7,12-13,15,18-19,22,25,28H,8-11H2,1H3,(H,26,29). The summed E-state index contributed by atoms with van der Waals surface area (Å²) >= 11 is 0. The van der Waals surface area contributed by atoms with Crippen LogP contribution in [0.1, 0.15) is 55.8 Å². The normalized spacial score (nSPS) is 21.6. The molecule has 0 saturated heterocycles. The molecule has 0 aliphatic heterocycles. The number of nitrogens with zero attached hydrogens (tertiary/aromatic N) is 2. The highest BCUT2D eigenvalue weighted by Gasteiger charge is 2.28. The number of rotatable bonds is 5. The summed E-state index contributed by atoms with van der Waals surface area (Å²) in [5.74, 6) is 0. The molecule has 0 spiro atoms. The van der Waals surface area contributed by atoms with E-state index in [2.05, 4.69) is 16.4 Å². The van der Waals surface area contributed by atoms with Crippen molar-refractivity contribution < 1.29 is 5.11 Å². The third-order valence-electron chi connectivity index (χ3n) is 5.96. The fourth-order valence-corrected chi connectivity index (χ4v) is 4.49. The topological polar surface area (TPSA) is 93.8 Å². The van der Waals surface area contributed by atoms with Crippen LogP contribution in [0.2, 0.25) is 0 Å². The molecule has 1 aliphatic rings. The molecule has 0 radical (unpaired) electrons. The van der Waals surface area contributed by atoms with Gasteiger partial charge in [-0.2, -0.15) is 5.26 Å². The maximum Gasteiger partial charge on any atom is 0.326 e. The van der Waals surface area contributed by atoms with Gasteiger partial charge in [0.1, 0.15) is 0 Å². The van der Waals surface area contributed by atoms with E-state index in [-0.39, 0.29) is 17.8 Å². The van der Waals surface area contributed by atoms with Crippen molar-refractivity contribution in [3.8, 4) is 6.07 Å². The lowest BCUT2D eigenvalue weighted by atomic mass is 9.89. The van der Waals surface area contributed by atoms with Gasteiger partial charge in [-0.15, -0.1) is 0 Å². The Morgan fingerprint density at radius 1 is 1.17 bits per heavy atom. The minimum absolute atomic E-state index is 0.0991. The van der Waals surface area contributed by atoms with Crippen LogP contribution in [0.4, 0.5) is 0 Å². The smallest absolute Gasteiger partial charge is 0.326 e. The van der Waals surface area contributed by atoms with Gasteiger partial charge in [-0.25, -0.2) is 4.79 Å². The van der Waals surface area contributed by atoms with E-state index in [0.717, 1.165) is 36.8 Å². The first-order chi connectivity index (χ1) is 14.1. The Bertz CT molecular complexity index is 1070. The molecule has 2 aromatic carbocycles. The van der Waals surface area contributed by atoms with Crippen LogP contribution in [0.5, 0.6) is 0 Å². The molecule has 29 heavy (non-hydrogen) atoms. The molecule has 6 nitrogen and oxygen atoms in total. The van der Waals surface area contributed by atoms with E-state index in [1.54, 1.807) is 12.1 Å². The van der Waals surface area contributed by atoms with Crippen LogP contribution in [0, 0.1) is 11.3 Å². The van der Waals surface area contributed by atoms with Gasteiger partial charge in [0, 0.05) is 12.1 Å². The SMILES string of the molecule is CC(O)C(NC1CCC(n2c(=O)[nH]c3cc(C#N)ccc32)CC1)c1ccccc1. The van der Waals surface area contributed by atoms with Crippen molar-refractivity contribution in [3.05, 3.63) is 70.1 Å². The summed E-state index contributed by atoms with van der Waals surface area (Å²) in [5, 5.41) is 23.0. The maximum absolute atomic E-state index is 12.5. The zero-order valence-electron chi connectivity index (χ0n) is 16.5. The molecule has 0 amide bonds. The molecule has 4 rings (SSSR count). The van der Waals surface area contributed by atoms with Crippen LogP contribution in [0.25, 0.3) is 11.0 Å². The van der Waals surface area contributed by atoms with Gasteiger partial charge in [-0.1, -0.05) is 30.3 Å². The number of imidazole rings is 1. The van der Waals surface area contributed by atoms with Crippen molar-refractivity contribution in [1.82, 2.24) is 14.9 Å². The fourth-order valence-electron chi connectivity index (χ4n) is 4.49. The second-order valence-corrected chi connectivity index (χ2v) is 7.94. The predicted molar refractivity (Wildman–Crippen MR) is 113 cm³/mol. The van der Waals surface area contributed by atoms with Gasteiger partial charge >= 0.3 is 5.69 Å². The van der Waals surface area contributed by atoms with Crippen LogP contribution in [0.3, 0.4) is 0 Å². The summed E-state index contributed by atoms with van der Waals surface area (Å²) < 4.78 is 1.84. The van der Waals surface area contributed by atoms with E-state index < -0.39 is 6.10 Å². The van der Waals surface area contributed by atoms with Crippen molar-refractivity contribution in [2.45, 2.75) is 56.8 Å². The lowest BCUT2D eigenvalue weighted by Crippen LogP contribution is -2.41. The first-order valence-corrected chi connectivity index (χ1v) is 10.2. The van der Waals surface area contributed by atoms with Crippen LogP contribution in [0.15, 0.2) is 53.3 Å². The number of benzene rings is 2. The molecule has 0 bridgehead atoms. The van der Waals surface area contributed by atoms with Crippen LogP contribution >= 0.6 is 0 Å². The van der Waals surface area contributed by atoms with Gasteiger partial charge in [0.05, 0.1) is 34.8 Å². The number of H-pyrrole nitrogens is 1. The van der Waals surface area contributed by atoms with Gasteiger partial charge in [0.15, 0.2) is 0 Å². The van der Waals surface area contributed by atoms with Crippen LogP contribution in [-0.4, -0.2) is 26.8 Å². The average Bonchev–Trinajstić information content (AvgIpc) is 3.07. The average molecular weight is 390 g/mol. The number of aromatic amines is 1. The maximum atomic E-state index is 12.5. The molecule has 6 heteroatoms. The summed E-state index contributed by atoms with van der Waals surface area (Å²) in [6.45, 7) is 1.82. The van der Waals surface area contributed by atoms with Crippen molar-refractivity contribution in [1.29, 1.82) is 5.26 Å². The predicted octanol–water partition coefficient (Wildman–Crippen LogP) is 3.40. The zero-order valence-corrected chi connectivity index (χ0v) is 16.5. The van der Waals surface area contributed by atoms with Gasteiger partial charge in [0.2, 0.25) is 0 Å². The van der Waals surface area contributed by atoms with Crippen molar-refractivity contribution in [3.63, 3.8) is 0 Å². The highest BCUT2D eigenvalue weighted by atomic mass is 16.3. The van der Waals surface area contributed by atoms with Crippen molar-refractivity contribution in [2.75, 3.05) is 0 Å². The summed E-state index contributed by atoms with van der Waals surface area (Å²) in [6.07, 6.45) is 3.19.